The number of anilines is 1. The van der Waals surface area contributed by atoms with Gasteiger partial charge < -0.3 is 19.3 Å². The van der Waals surface area contributed by atoms with Gasteiger partial charge in [-0.1, -0.05) is 6.07 Å². The number of piperidine rings is 2. The number of hydrogen-bond donors (Lipinski definition) is 0. The highest BCUT2D eigenvalue weighted by Crippen LogP contribution is 2.40. The molecular weight excluding hydrogens is 392 g/mol. The van der Waals surface area contributed by atoms with Gasteiger partial charge >= 0.3 is 0 Å². The van der Waals surface area contributed by atoms with E-state index in [0.29, 0.717) is 43.2 Å². The topological polar surface area (TPSA) is 67.8 Å². The highest BCUT2D eigenvalue weighted by atomic mass is 16.5. The van der Waals surface area contributed by atoms with Gasteiger partial charge in [0.05, 0.1) is 25.5 Å². The number of nitrogens with zero attached hydrogens (tertiary/aromatic N) is 4. The molecule has 31 heavy (non-hydrogen) atoms. The minimum absolute atomic E-state index is 0.0731. The minimum atomic E-state index is 0.0731. The maximum Gasteiger partial charge on any atom is 0.274 e. The van der Waals surface area contributed by atoms with Crippen LogP contribution in [-0.4, -0.2) is 66.3 Å². The van der Waals surface area contributed by atoms with Gasteiger partial charge in [-0.25, -0.2) is 9.97 Å². The lowest BCUT2D eigenvalue weighted by Gasteiger charge is -2.49. The van der Waals surface area contributed by atoms with Crippen molar-refractivity contribution in [2.24, 2.45) is 11.8 Å². The quantitative estimate of drug-likeness (QED) is 0.738. The van der Waals surface area contributed by atoms with Crippen LogP contribution < -0.4 is 9.64 Å². The van der Waals surface area contributed by atoms with Gasteiger partial charge in [0.25, 0.3) is 5.91 Å². The fourth-order valence-electron chi connectivity index (χ4n) is 5.21. The Morgan fingerprint density at radius 1 is 1.19 bits per heavy atom. The second-order valence-corrected chi connectivity index (χ2v) is 8.84. The van der Waals surface area contributed by atoms with Crippen LogP contribution in [0.5, 0.6) is 5.88 Å². The first-order valence-electron chi connectivity index (χ1n) is 11.3. The maximum atomic E-state index is 13.7. The molecule has 0 aromatic carbocycles. The van der Waals surface area contributed by atoms with Crippen molar-refractivity contribution >= 4 is 11.6 Å². The van der Waals surface area contributed by atoms with Gasteiger partial charge in [0, 0.05) is 43.6 Å². The number of carbonyl (C=O) groups excluding carboxylic acids is 1. The van der Waals surface area contributed by atoms with Crippen molar-refractivity contribution in [3.8, 4) is 5.88 Å². The highest BCUT2D eigenvalue weighted by Gasteiger charge is 2.43. The van der Waals surface area contributed by atoms with E-state index in [-0.39, 0.29) is 11.9 Å². The van der Waals surface area contributed by atoms with Gasteiger partial charge in [-0.3, -0.25) is 4.79 Å². The Morgan fingerprint density at radius 2 is 2.06 bits per heavy atom. The molecule has 7 heteroatoms. The summed E-state index contributed by atoms with van der Waals surface area (Å²) in [6.07, 6.45) is 4.96. The predicted molar refractivity (Wildman–Crippen MR) is 117 cm³/mol. The first kappa shape index (κ1) is 20.2. The van der Waals surface area contributed by atoms with Gasteiger partial charge in [-0.05, 0) is 56.2 Å². The zero-order chi connectivity index (χ0) is 21.2. The van der Waals surface area contributed by atoms with Crippen LogP contribution in [0, 0.1) is 18.8 Å². The molecule has 1 saturated carbocycles. The van der Waals surface area contributed by atoms with Crippen LogP contribution in [0.3, 0.4) is 0 Å². The Kier molecular flexibility index (Phi) is 5.76. The van der Waals surface area contributed by atoms with Crippen molar-refractivity contribution in [1.82, 2.24) is 14.9 Å². The summed E-state index contributed by atoms with van der Waals surface area (Å²) in [6, 6.07) is 10.0. The molecule has 3 saturated heterocycles. The minimum Gasteiger partial charge on any atom is -0.477 e. The molecule has 3 atom stereocenters. The third-order valence-electron chi connectivity index (χ3n) is 6.90. The molecule has 3 unspecified atom stereocenters. The fourth-order valence-corrected chi connectivity index (χ4v) is 5.21. The van der Waals surface area contributed by atoms with Gasteiger partial charge in [0.1, 0.15) is 0 Å². The van der Waals surface area contributed by atoms with Gasteiger partial charge in [-0.2, -0.15) is 0 Å². The Hall–Kier alpha value is -2.67. The summed E-state index contributed by atoms with van der Waals surface area (Å²) in [5.41, 5.74) is 2.41. The van der Waals surface area contributed by atoms with E-state index in [0.717, 1.165) is 50.3 Å². The van der Waals surface area contributed by atoms with Crippen molar-refractivity contribution in [3.63, 3.8) is 0 Å². The SMILES string of the molecule is Cc1ccc(N2CCOCC2)c(C(=O)N2CC3CCC2CC3COc2ccccn2)n1. The van der Waals surface area contributed by atoms with Crippen LogP contribution in [0.15, 0.2) is 36.5 Å². The molecule has 2 aromatic heterocycles. The Bertz CT molecular complexity index is 916. The summed E-state index contributed by atoms with van der Waals surface area (Å²) in [5.74, 6) is 1.68. The average Bonchev–Trinajstić information content (AvgIpc) is 2.84. The van der Waals surface area contributed by atoms with Crippen LogP contribution in [0.4, 0.5) is 5.69 Å². The van der Waals surface area contributed by atoms with E-state index < -0.39 is 0 Å². The Balaban J connectivity index is 1.30. The van der Waals surface area contributed by atoms with Crippen LogP contribution in [-0.2, 0) is 4.74 Å². The predicted octanol–water partition coefficient (Wildman–Crippen LogP) is 2.94. The normalized spacial score (nSPS) is 25.5. The zero-order valence-corrected chi connectivity index (χ0v) is 18.1. The van der Waals surface area contributed by atoms with E-state index in [1.807, 2.05) is 37.3 Å². The number of pyridine rings is 2. The second-order valence-electron chi connectivity index (χ2n) is 8.84. The lowest BCUT2D eigenvalue weighted by atomic mass is 9.72. The average molecular weight is 423 g/mol. The second kappa shape index (κ2) is 8.83. The molecule has 0 N–H and O–H groups in total. The summed E-state index contributed by atoms with van der Waals surface area (Å²) in [5, 5.41) is 0. The van der Waals surface area contributed by atoms with E-state index in [2.05, 4.69) is 14.8 Å². The molecule has 4 fully saturated rings. The summed E-state index contributed by atoms with van der Waals surface area (Å²) in [4.78, 5) is 26.9. The third-order valence-corrected chi connectivity index (χ3v) is 6.90. The number of fused-ring (bicyclic) bond motifs is 3. The first-order chi connectivity index (χ1) is 15.2. The number of carbonyl (C=O) groups is 1. The number of amides is 1. The number of hydrogen-bond acceptors (Lipinski definition) is 6. The first-order valence-corrected chi connectivity index (χ1v) is 11.3. The fraction of sp³-hybridized carbons (Fsp3) is 0.542. The van der Waals surface area contributed by atoms with Crippen molar-refractivity contribution < 1.29 is 14.3 Å². The number of ether oxygens (including phenoxy) is 2. The summed E-state index contributed by atoms with van der Waals surface area (Å²) in [7, 11) is 0. The lowest BCUT2D eigenvalue weighted by molar-refractivity contribution is -0.00505. The van der Waals surface area contributed by atoms with Crippen molar-refractivity contribution in [2.75, 3.05) is 44.4 Å². The molecule has 4 aliphatic rings. The van der Waals surface area contributed by atoms with E-state index in [1.54, 1.807) is 6.20 Å². The van der Waals surface area contributed by atoms with Crippen molar-refractivity contribution in [3.05, 3.63) is 47.9 Å². The van der Waals surface area contributed by atoms with Crippen LogP contribution in [0.1, 0.15) is 35.4 Å². The monoisotopic (exact) mass is 422 g/mol. The largest absolute Gasteiger partial charge is 0.477 e. The standard InChI is InChI=1S/C24H30N4O3/c1-17-5-8-21(27-10-12-30-13-11-27)23(26-17)24(29)28-15-18-6-7-20(28)14-19(18)16-31-22-4-2-3-9-25-22/h2-5,8-9,18-20H,6-7,10-16H2,1H3. The van der Waals surface area contributed by atoms with Crippen LogP contribution >= 0.6 is 0 Å². The lowest BCUT2D eigenvalue weighted by Crippen LogP contribution is -2.55. The number of rotatable bonds is 5. The van der Waals surface area contributed by atoms with Gasteiger partial charge in [-0.15, -0.1) is 0 Å². The van der Waals surface area contributed by atoms with Crippen molar-refractivity contribution in [1.29, 1.82) is 0 Å². The van der Waals surface area contributed by atoms with Gasteiger partial charge in [0.2, 0.25) is 5.88 Å². The summed E-state index contributed by atoms with van der Waals surface area (Å²) >= 11 is 0. The number of aromatic nitrogens is 2. The zero-order valence-electron chi connectivity index (χ0n) is 18.1. The number of aryl methyl sites for hydroxylation is 1. The Morgan fingerprint density at radius 3 is 2.81 bits per heavy atom. The van der Waals surface area contributed by atoms with E-state index in [1.165, 1.54) is 0 Å². The summed E-state index contributed by atoms with van der Waals surface area (Å²) in [6.45, 7) is 6.38. The molecule has 2 aromatic rings. The van der Waals surface area contributed by atoms with Crippen LogP contribution in [0.2, 0.25) is 0 Å². The van der Waals surface area contributed by atoms with E-state index >= 15 is 0 Å². The summed E-state index contributed by atoms with van der Waals surface area (Å²) < 4.78 is 11.4. The highest BCUT2D eigenvalue weighted by molar-refractivity contribution is 5.98. The molecule has 6 rings (SSSR count). The molecule has 5 heterocycles. The van der Waals surface area contributed by atoms with Crippen LogP contribution in [0.25, 0.3) is 0 Å². The van der Waals surface area contributed by atoms with E-state index in [9.17, 15) is 4.79 Å². The molecule has 1 amide bonds. The Labute approximate surface area is 183 Å². The smallest absolute Gasteiger partial charge is 0.274 e. The maximum absolute atomic E-state index is 13.7. The molecule has 2 bridgehead atoms. The molecule has 164 valence electrons. The van der Waals surface area contributed by atoms with Crippen molar-refractivity contribution in [2.45, 2.75) is 32.2 Å². The van der Waals surface area contributed by atoms with Gasteiger partial charge in [0.15, 0.2) is 5.69 Å². The molecular formula is C24H30N4O3. The van der Waals surface area contributed by atoms with E-state index in [4.69, 9.17) is 14.5 Å². The molecule has 7 nitrogen and oxygen atoms in total. The molecule has 0 spiro atoms. The molecule has 0 radical (unpaired) electrons. The molecule has 3 aliphatic heterocycles. The molecule has 1 aliphatic carbocycles. The number of morpholine rings is 1. The third kappa shape index (κ3) is 4.24.